The van der Waals surface area contributed by atoms with Gasteiger partial charge in [-0.15, -0.1) is 11.3 Å². The van der Waals surface area contributed by atoms with Crippen LogP contribution in [-0.4, -0.2) is 4.98 Å². The highest BCUT2D eigenvalue weighted by atomic mass is 32.1. The topological polar surface area (TPSA) is 22.1 Å². The van der Waals surface area contributed by atoms with E-state index in [2.05, 4.69) is 9.72 Å². The van der Waals surface area contributed by atoms with E-state index in [0.717, 1.165) is 22.5 Å². The molecule has 0 unspecified atom stereocenters. The number of benzene rings is 3. The number of halogens is 7. The summed E-state index contributed by atoms with van der Waals surface area (Å²) in [6, 6.07) is 6.58. The number of hydrogen-bond acceptors (Lipinski definition) is 3. The molecular formula is C23H14F7NOS. The van der Waals surface area contributed by atoms with Crippen LogP contribution in [0.15, 0.2) is 42.5 Å². The average molecular weight is 485 g/mol. The molecule has 33 heavy (non-hydrogen) atoms. The van der Waals surface area contributed by atoms with Crippen molar-refractivity contribution < 1.29 is 35.5 Å². The molecule has 0 radical (unpaired) electrons. The first-order valence-corrected chi connectivity index (χ1v) is 10.5. The first-order valence-electron chi connectivity index (χ1n) is 9.69. The summed E-state index contributed by atoms with van der Waals surface area (Å²) in [4.78, 5) is 4.45. The van der Waals surface area contributed by atoms with Crippen molar-refractivity contribution in [3.63, 3.8) is 0 Å². The van der Waals surface area contributed by atoms with Gasteiger partial charge < -0.3 is 4.74 Å². The van der Waals surface area contributed by atoms with E-state index in [-0.39, 0.29) is 17.7 Å². The van der Waals surface area contributed by atoms with E-state index in [4.69, 9.17) is 0 Å². The minimum absolute atomic E-state index is 0.00392. The molecule has 4 rings (SSSR count). The maximum absolute atomic E-state index is 14.6. The van der Waals surface area contributed by atoms with Gasteiger partial charge in [-0.3, -0.25) is 0 Å². The van der Waals surface area contributed by atoms with Gasteiger partial charge in [0.25, 0.3) is 0 Å². The number of aryl methyl sites for hydroxylation is 1. The normalized spacial score (nSPS) is 11.9. The molecule has 1 heterocycles. The lowest BCUT2D eigenvalue weighted by molar-refractivity contribution is -0.189. The first kappa shape index (κ1) is 23.0. The van der Waals surface area contributed by atoms with E-state index in [1.165, 1.54) is 11.3 Å². The largest absolute Gasteiger partial charge is 0.432 e. The van der Waals surface area contributed by atoms with Crippen LogP contribution in [0.2, 0.25) is 0 Å². The van der Waals surface area contributed by atoms with Crippen LogP contribution in [0.5, 0.6) is 5.75 Å². The number of alkyl halides is 2. The fourth-order valence-corrected chi connectivity index (χ4v) is 4.39. The van der Waals surface area contributed by atoms with E-state index >= 15 is 0 Å². The molecule has 0 aliphatic carbocycles. The predicted octanol–water partition coefficient (Wildman–Crippen LogP) is 7.74. The van der Waals surface area contributed by atoms with Gasteiger partial charge in [0, 0.05) is 12.1 Å². The van der Waals surface area contributed by atoms with Gasteiger partial charge in [0.15, 0.2) is 17.5 Å². The SMILES string of the molecule is CCCc1nc2ccc(-c3cc(F)c(C(F)(F)Oc4cc(F)c(F)c(F)c4)c(F)c3)cc2s1. The molecule has 0 bridgehead atoms. The minimum Gasteiger partial charge on any atom is -0.429 e. The van der Waals surface area contributed by atoms with Crippen molar-refractivity contribution in [3.05, 3.63) is 82.1 Å². The average Bonchev–Trinajstić information content (AvgIpc) is 3.12. The second-order valence-electron chi connectivity index (χ2n) is 7.17. The lowest BCUT2D eigenvalue weighted by atomic mass is 10.0. The lowest BCUT2D eigenvalue weighted by Crippen LogP contribution is -2.25. The number of rotatable bonds is 6. The summed E-state index contributed by atoms with van der Waals surface area (Å²) in [6.45, 7) is 2.01. The maximum atomic E-state index is 14.6. The van der Waals surface area contributed by atoms with Crippen molar-refractivity contribution in [2.24, 2.45) is 0 Å². The van der Waals surface area contributed by atoms with E-state index < -0.39 is 46.5 Å². The molecule has 2 nitrogen and oxygen atoms in total. The third-order valence-corrected chi connectivity index (χ3v) is 5.84. The van der Waals surface area contributed by atoms with Gasteiger partial charge in [-0.25, -0.2) is 26.9 Å². The lowest BCUT2D eigenvalue weighted by Gasteiger charge is -2.20. The van der Waals surface area contributed by atoms with E-state index in [0.29, 0.717) is 23.2 Å². The summed E-state index contributed by atoms with van der Waals surface area (Å²) in [5.41, 5.74) is -0.662. The van der Waals surface area contributed by atoms with Gasteiger partial charge in [0.05, 0.1) is 15.2 Å². The van der Waals surface area contributed by atoms with Gasteiger partial charge >= 0.3 is 6.11 Å². The third kappa shape index (κ3) is 4.52. The molecule has 0 spiro atoms. The zero-order valence-corrected chi connectivity index (χ0v) is 17.7. The molecule has 4 aromatic rings. The van der Waals surface area contributed by atoms with Gasteiger partial charge in [0.1, 0.15) is 22.9 Å². The summed E-state index contributed by atoms with van der Waals surface area (Å²) in [5.74, 6) is -9.89. The fourth-order valence-electron chi connectivity index (χ4n) is 3.28. The summed E-state index contributed by atoms with van der Waals surface area (Å²) < 4.78 is 103. The van der Waals surface area contributed by atoms with E-state index in [1.807, 2.05) is 6.92 Å². The Morgan fingerprint density at radius 3 is 2.09 bits per heavy atom. The molecular weight excluding hydrogens is 471 g/mol. The van der Waals surface area contributed by atoms with Crippen molar-refractivity contribution in [2.75, 3.05) is 0 Å². The maximum Gasteiger partial charge on any atom is 0.432 e. The molecule has 0 saturated carbocycles. The van der Waals surface area contributed by atoms with Gasteiger partial charge in [-0.2, -0.15) is 8.78 Å². The Labute approximate surface area is 187 Å². The zero-order valence-electron chi connectivity index (χ0n) is 16.9. The molecule has 0 amide bonds. The molecule has 1 aromatic heterocycles. The van der Waals surface area contributed by atoms with Crippen molar-refractivity contribution in [3.8, 4) is 16.9 Å². The second kappa shape index (κ2) is 8.66. The summed E-state index contributed by atoms with van der Waals surface area (Å²) in [5, 5.41) is 0.905. The third-order valence-electron chi connectivity index (χ3n) is 4.77. The summed E-state index contributed by atoms with van der Waals surface area (Å²) in [7, 11) is 0. The van der Waals surface area contributed by atoms with Crippen molar-refractivity contribution in [2.45, 2.75) is 25.9 Å². The quantitative estimate of drug-likeness (QED) is 0.206. The molecule has 0 aliphatic heterocycles. The van der Waals surface area contributed by atoms with Crippen LogP contribution in [0, 0.1) is 29.1 Å². The fraction of sp³-hybridized carbons (Fsp3) is 0.174. The van der Waals surface area contributed by atoms with Crippen LogP contribution in [0.4, 0.5) is 30.7 Å². The van der Waals surface area contributed by atoms with Crippen LogP contribution < -0.4 is 4.74 Å². The molecule has 0 saturated heterocycles. The molecule has 0 atom stereocenters. The highest BCUT2D eigenvalue weighted by Gasteiger charge is 2.41. The van der Waals surface area contributed by atoms with Crippen LogP contribution in [-0.2, 0) is 12.5 Å². The smallest absolute Gasteiger partial charge is 0.429 e. The second-order valence-corrected chi connectivity index (χ2v) is 8.29. The highest BCUT2D eigenvalue weighted by Crippen LogP contribution is 2.38. The van der Waals surface area contributed by atoms with Crippen LogP contribution in [0.3, 0.4) is 0 Å². The van der Waals surface area contributed by atoms with Crippen LogP contribution in [0.25, 0.3) is 21.3 Å². The Bertz CT molecular complexity index is 1310. The highest BCUT2D eigenvalue weighted by molar-refractivity contribution is 7.18. The van der Waals surface area contributed by atoms with Gasteiger partial charge in [0.2, 0.25) is 0 Å². The van der Waals surface area contributed by atoms with Crippen LogP contribution in [0.1, 0.15) is 23.9 Å². The van der Waals surface area contributed by atoms with Crippen molar-refractivity contribution in [1.29, 1.82) is 0 Å². The summed E-state index contributed by atoms with van der Waals surface area (Å²) in [6.07, 6.45) is -2.96. The first-order chi connectivity index (χ1) is 15.6. The number of ether oxygens (including phenoxy) is 1. The van der Waals surface area contributed by atoms with Gasteiger partial charge in [-0.1, -0.05) is 13.0 Å². The Balaban J connectivity index is 1.68. The van der Waals surface area contributed by atoms with Gasteiger partial charge in [-0.05, 0) is 48.2 Å². The van der Waals surface area contributed by atoms with Crippen LogP contribution >= 0.6 is 11.3 Å². The molecule has 172 valence electrons. The molecule has 0 aliphatic rings. The Kier molecular flexibility index (Phi) is 6.04. The summed E-state index contributed by atoms with van der Waals surface area (Å²) >= 11 is 1.42. The van der Waals surface area contributed by atoms with E-state index in [1.54, 1.807) is 18.2 Å². The standard InChI is InChI=1S/C23H14F7NOS/c1-2-3-20-31-18-5-4-11(8-19(18)33-20)12-6-14(24)21(15(25)7-12)23(29,30)32-13-9-16(26)22(28)17(27)10-13/h4-10H,2-3H2,1H3. The Morgan fingerprint density at radius 2 is 1.48 bits per heavy atom. The molecule has 10 heteroatoms. The molecule has 3 aromatic carbocycles. The minimum atomic E-state index is -4.64. The number of aromatic nitrogens is 1. The van der Waals surface area contributed by atoms with Crippen molar-refractivity contribution >= 4 is 21.6 Å². The molecule has 0 N–H and O–H groups in total. The number of nitrogens with zero attached hydrogens (tertiary/aromatic N) is 1. The predicted molar refractivity (Wildman–Crippen MR) is 110 cm³/mol. The monoisotopic (exact) mass is 485 g/mol. The number of hydrogen-bond donors (Lipinski definition) is 0. The van der Waals surface area contributed by atoms with Crippen molar-refractivity contribution in [1.82, 2.24) is 4.98 Å². The molecule has 0 fully saturated rings. The Hall–Kier alpha value is -3.14. The number of fused-ring (bicyclic) bond motifs is 1. The zero-order chi connectivity index (χ0) is 23.9. The Morgan fingerprint density at radius 1 is 0.848 bits per heavy atom. The van der Waals surface area contributed by atoms with E-state index in [9.17, 15) is 30.7 Å². The number of thiazole rings is 1.